The molecule has 0 N–H and O–H groups in total. The summed E-state index contributed by atoms with van der Waals surface area (Å²) in [7, 11) is 0. The van der Waals surface area contributed by atoms with Gasteiger partial charge in [-0.25, -0.2) is 0 Å². The Balaban J connectivity index is 1.56. The van der Waals surface area contributed by atoms with Crippen molar-refractivity contribution < 1.29 is 4.74 Å². The van der Waals surface area contributed by atoms with Gasteiger partial charge in [0.2, 0.25) is 0 Å². The normalized spacial score (nSPS) is 31.8. The van der Waals surface area contributed by atoms with Gasteiger partial charge in [-0.05, 0) is 76.5 Å². The summed E-state index contributed by atoms with van der Waals surface area (Å²) in [5, 5.41) is 0. The number of rotatable bonds is 9. The maximum atomic E-state index is 5.84. The third kappa shape index (κ3) is 7.16. The van der Waals surface area contributed by atoms with Crippen LogP contribution in [0.5, 0.6) is 0 Å². The lowest BCUT2D eigenvalue weighted by Crippen LogP contribution is -2.19. The summed E-state index contributed by atoms with van der Waals surface area (Å²) in [4.78, 5) is 0. The highest BCUT2D eigenvalue weighted by atomic mass is 16.5. The van der Waals surface area contributed by atoms with Gasteiger partial charge in [0.1, 0.15) is 0 Å². The summed E-state index contributed by atoms with van der Waals surface area (Å²) in [6.45, 7) is 9.75. The second-order valence-corrected chi connectivity index (χ2v) is 9.48. The van der Waals surface area contributed by atoms with Crippen molar-refractivity contribution in [2.45, 2.75) is 110 Å². The monoisotopic (exact) mass is 322 g/mol. The van der Waals surface area contributed by atoms with Crippen molar-refractivity contribution in [2.24, 2.45) is 23.7 Å². The van der Waals surface area contributed by atoms with Gasteiger partial charge in [0, 0.05) is 6.61 Å². The van der Waals surface area contributed by atoms with Crippen molar-refractivity contribution in [3.63, 3.8) is 0 Å². The molecule has 0 aromatic heterocycles. The van der Waals surface area contributed by atoms with Crippen molar-refractivity contribution in [3.05, 3.63) is 0 Å². The summed E-state index contributed by atoms with van der Waals surface area (Å²) in [6.07, 6.45) is 17.7. The van der Waals surface area contributed by atoms with E-state index in [4.69, 9.17) is 4.74 Å². The van der Waals surface area contributed by atoms with E-state index < -0.39 is 0 Å². The third-order valence-electron chi connectivity index (χ3n) is 6.34. The molecule has 2 saturated carbocycles. The van der Waals surface area contributed by atoms with E-state index in [0.717, 1.165) is 30.3 Å². The summed E-state index contributed by atoms with van der Waals surface area (Å²) in [5.74, 6) is 4.28. The molecule has 0 spiro atoms. The Kier molecular flexibility index (Phi) is 7.92. The molecule has 4 atom stereocenters. The van der Waals surface area contributed by atoms with Crippen molar-refractivity contribution in [1.29, 1.82) is 0 Å². The highest BCUT2D eigenvalue weighted by Crippen LogP contribution is 2.46. The maximum absolute atomic E-state index is 5.84. The molecule has 0 radical (unpaired) electrons. The van der Waals surface area contributed by atoms with Crippen molar-refractivity contribution in [1.82, 2.24) is 0 Å². The summed E-state index contributed by atoms with van der Waals surface area (Å²) in [6, 6.07) is 0. The van der Waals surface area contributed by atoms with E-state index in [1.807, 2.05) is 0 Å². The number of ether oxygens (including phenoxy) is 1. The molecule has 0 heterocycles. The Morgan fingerprint density at radius 3 is 1.87 bits per heavy atom. The van der Waals surface area contributed by atoms with Crippen LogP contribution in [-0.2, 0) is 4.74 Å². The van der Waals surface area contributed by atoms with E-state index in [1.165, 1.54) is 57.8 Å². The molecule has 0 bridgehead atoms. The van der Waals surface area contributed by atoms with Crippen LogP contribution in [0.25, 0.3) is 0 Å². The van der Waals surface area contributed by atoms with E-state index in [0.29, 0.717) is 0 Å². The molecule has 2 rings (SSSR count). The second-order valence-electron chi connectivity index (χ2n) is 9.48. The first-order valence-corrected chi connectivity index (χ1v) is 10.6. The van der Waals surface area contributed by atoms with Gasteiger partial charge in [-0.3, -0.25) is 0 Å². The molecule has 4 unspecified atom stereocenters. The molecule has 0 saturated heterocycles. The lowest BCUT2D eigenvalue weighted by Gasteiger charge is -2.20. The molecule has 1 nitrogen and oxygen atoms in total. The molecular weight excluding hydrogens is 280 g/mol. The smallest absolute Gasteiger partial charge is 0.0598 e. The lowest BCUT2D eigenvalue weighted by molar-refractivity contribution is -0.00502. The van der Waals surface area contributed by atoms with E-state index in [1.54, 1.807) is 19.3 Å². The van der Waals surface area contributed by atoms with Crippen molar-refractivity contribution in [3.8, 4) is 0 Å². The fourth-order valence-electron chi connectivity index (χ4n) is 5.01. The molecule has 0 amide bonds. The maximum Gasteiger partial charge on any atom is 0.0598 e. The van der Waals surface area contributed by atoms with Gasteiger partial charge in [0.25, 0.3) is 0 Å². The van der Waals surface area contributed by atoms with Gasteiger partial charge in [-0.15, -0.1) is 0 Å². The minimum absolute atomic E-state index is 0.0369. The van der Waals surface area contributed by atoms with E-state index >= 15 is 0 Å². The first kappa shape index (κ1) is 19.3. The zero-order chi connectivity index (χ0) is 16.7. The van der Waals surface area contributed by atoms with Crippen LogP contribution in [0, 0.1) is 23.7 Å². The summed E-state index contributed by atoms with van der Waals surface area (Å²) >= 11 is 0. The quantitative estimate of drug-likeness (QED) is 0.415. The molecule has 136 valence electrons. The van der Waals surface area contributed by atoms with E-state index in [-0.39, 0.29) is 5.60 Å². The van der Waals surface area contributed by atoms with Gasteiger partial charge >= 0.3 is 0 Å². The van der Waals surface area contributed by atoms with Crippen molar-refractivity contribution >= 4 is 0 Å². The molecule has 0 aromatic rings. The predicted octanol–water partition coefficient (Wildman–Crippen LogP) is 6.99. The lowest BCUT2D eigenvalue weighted by atomic mass is 9.87. The topological polar surface area (TPSA) is 9.23 Å². The molecule has 2 aliphatic rings. The minimum Gasteiger partial charge on any atom is -0.376 e. The summed E-state index contributed by atoms with van der Waals surface area (Å²) < 4.78 is 5.84. The Morgan fingerprint density at radius 1 is 0.783 bits per heavy atom. The zero-order valence-electron chi connectivity index (χ0n) is 16.4. The van der Waals surface area contributed by atoms with Crippen LogP contribution >= 0.6 is 0 Å². The zero-order valence-corrected chi connectivity index (χ0v) is 16.4. The van der Waals surface area contributed by atoms with Crippen LogP contribution in [0.1, 0.15) is 105 Å². The number of hydrogen-bond acceptors (Lipinski definition) is 1. The molecule has 2 aliphatic carbocycles. The highest BCUT2D eigenvalue weighted by Gasteiger charge is 2.34. The average Bonchev–Trinajstić information content (AvgIpc) is 3.12. The van der Waals surface area contributed by atoms with Crippen LogP contribution in [0.15, 0.2) is 0 Å². The number of unbranched alkanes of at least 4 members (excludes halogenated alkanes) is 2. The molecule has 1 heteroatoms. The number of hydrogen-bond donors (Lipinski definition) is 0. The predicted molar refractivity (Wildman–Crippen MR) is 101 cm³/mol. The van der Waals surface area contributed by atoms with Gasteiger partial charge in [0.05, 0.1) is 5.60 Å². The molecule has 23 heavy (non-hydrogen) atoms. The van der Waals surface area contributed by atoms with Gasteiger partial charge in [-0.1, -0.05) is 51.9 Å². The minimum atomic E-state index is 0.0369. The van der Waals surface area contributed by atoms with Gasteiger partial charge < -0.3 is 4.74 Å². The van der Waals surface area contributed by atoms with Gasteiger partial charge in [0.15, 0.2) is 0 Å². The van der Waals surface area contributed by atoms with Crippen molar-refractivity contribution in [2.75, 3.05) is 6.61 Å². The molecular formula is C22H42O. The fourth-order valence-corrected chi connectivity index (χ4v) is 5.01. The Morgan fingerprint density at radius 2 is 1.35 bits per heavy atom. The average molecular weight is 323 g/mol. The fraction of sp³-hybridized carbons (Fsp3) is 1.00. The van der Waals surface area contributed by atoms with Crippen LogP contribution < -0.4 is 0 Å². The van der Waals surface area contributed by atoms with Crippen LogP contribution in [0.3, 0.4) is 0 Å². The highest BCUT2D eigenvalue weighted by molar-refractivity contribution is 4.86. The largest absolute Gasteiger partial charge is 0.376 e. The Hall–Kier alpha value is -0.0400. The third-order valence-corrected chi connectivity index (χ3v) is 6.34. The second kappa shape index (κ2) is 9.44. The van der Waals surface area contributed by atoms with Crippen LogP contribution in [0.2, 0.25) is 0 Å². The molecule has 2 fully saturated rings. The molecule has 0 aliphatic heterocycles. The SMILES string of the molecule is CCCCC1CCC(C2CCC(CCCCOC(C)(C)C)C2)C1. The summed E-state index contributed by atoms with van der Waals surface area (Å²) in [5.41, 5.74) is 0.0369. The standard InChI is InChI=1S/C22H42O/c1-5-6-9-18-11-13-20(16-18)21-14-12-19(17-21)10-7-8-15-23-22(2,3)4/h18-21H,5-17H2,1-4H3. The Labute approximate surface area is 146 Å². The first-order chi connectivity index (χ1) is 11.0. The first-order valence-electron chi connectivity index (χ1n) is 10.6. The molecule has 0 aromatic carbocycles. The Bertz CT molecular complexity index is 316. The van der Waals surface area contributed by atoms with Crippen LogP contribution in [-0.4, -0.2) is 12.2 Å². The van der Waals surface area contributed by atoms with Gasteiger partial charge in [-0.2, -0.15) is 0 Å². The van der Waals surface area contributed by atoms with E-state index in [9.17, 15) is 0 Å². The van der Waals surface area contributed by atoms with E-state index in [2.05, 4.69) is 27.7 Å². The van der Waals surface area contributed by atoms with Crippen LogP contribution in [0.4, 0.5) is 0 Å².